The fourth-order valence-corrected chi connectivity index (χ4v) is 2.65. The summed E-state index contributed by atoms with van der Waals surface area (Å²) in [6.07, 6.45) is 3.09. The van der Waals surface area contributed by atoms with Gasteiger partial charge in [0.05, 0.1) is 12.1 Å². The molecule has 1 saturated carbocycles. The second-order valence-electron chi connectivity index (χ2n) is 5.37. The number of nitrogens with one attached hydrogen (secondary N) is 1. The molecule has 1 fully saturated rings. The monoisotopic (exact) mass is 286 g/mol. The second kappa shape index (κ2) is 6.10. The molecule has 1 aromatic carbocycles. The fourth-order valence-electron chi connectivity index (χ4n) is 2.65. The first-order chi connectivity index (χ1) is 10.2. The van der Waals surface area contributed by atoms with Crippen LogP contribution in [0, 0.1) is 0 Å². The largest absolute Gasteiger partial charge is 0.391 e. The Morgan fingerprint density at radius 2 is 2.00 bits per heavy atom. The third-order valence-electron chi connectivity index (χ3n) is 3.85. The van der Waals surface area contributed by atoms with E-state index in [1.807, 2.05) is 30.3 Å². The van der Waals surface area contributed by atoms with E-state index in [1.54, 1.807) is 6.07 Å². The van der Waals surface area contributed by atoms with Crippen LogP contribution in [0.4, 0.5) is 0 Å². The molecule has 5 heteroatoms. The molecule has 21 heavy (non-hydrogen) atoms. The lowest BCUT2D eigenvalue weighted by Crippen LogP contribution is -2.44. The second-order valence-corrected chi connectivity index (χ2v) is 5.37. The molecular weight excluding hydrogens is 268 g/mol. The fraction of sp³-hybridized carbons (Fsp3) is 0.375. The van der Waals surface area contributed by atoms with Crippen LogP contribution in [0.3, 0.4) is 0 Å². The SMILES string of the molecule is O=C(N[C@@H]1CCCC[C@H]1O)c1cc(-c2ccccc2)no1. The maximum Gasteiger partial charge on any atom is 0.290 e. The van der Waals surface area contributed by atoms with E-state index in [0.717, 1.165) is 31.2 Å². The maximum absolute atomic E-state index is 12.1. The van der Waals surface area contributed by atoms with Crippen molar-refractivity contribution in [1.82, 2.24) is 10.5 Å². The van der Waals surface area contributed by atoms with Crippen molar-refractivity contribution in [3.8, 4) is 11.3 Å². The summed E-state index contributed by atoms with van der Waals surface area (Å²) in [5, 5.41) is 16.6. The predicted molar refractivity (Wildman–Crippen MR) is 77.7 cm³/mol. The van der Waals surface area contributed by atoms with Gasteiger partial charge in [-0.15, -0.1) is 0 Å². The molecule has 2 aromatic rings. The summed E-state index contributed by atoms with van der Waals surface area (Å²) in [5.41, 5.74) is 1.53. The van der Waals surface area contributed by atoms with Gasteiger partial charge in [-0.1, -0.05) is 48.3 Å². The van der Waals surface area contributed by atoms with Gasteiger partial charge in [-0.25, -0.2) is 0 Å². The van der Waals surface area contributed by atoms with Crippen LogP contribution >= 0.6 is 0 Å². The quantitative estimate of drug-likeness (QED) is 0.908. The first-order valence-corrected chi connectivity index (χ1v) is 7.25. The molecule has 5 nitrogen and oxygen atoms in total. The van der Waals surface area contributed by atoms with Gasteiger partial charge in [0.15, 0.2) is 0 Å². The zero-order valence-corrected chi connectivity index (χ0v) is 11.7. The van der Waals surface area contributed by atoms with Crippen LogP contribution in [0.25, 0.3) is 11.3 Å². The van der Waals surface area contributed by atoms with Crippen molar-refractivity contribution in [2.45, 2.75) is 37.8 Å². The number of hydrogen-bond donors (Lipinski definition) is 2. The van der Waals surface area contributed by atoms with Crippen molar-refractivity contribution >= 4 is 5.91 Å². The van der Waals surface area contributed by atoms with Gasteiger partial charge in [0.2, 0.25) is 5.76 Å². The highest BCUT2D eigenvalue weighted by Crippen LogP contribution is 2.21. The lowest BCUT2D eigenvalue weighted by molar-refractivity contribution is 0.0692. The van der Waals surface area contributed by atoms with Crippen molar-refractivity contribution in [2.24, 2.45) is 0 Å². The minimum atomic E-state index is -0.473. The molecule has 0 unspecified atom stereocenters. The zero-order valence-electron chi connectivity index (χ0n) is 11.7. The normalized spacial score (nSPS) is 22.0. The van der Waals surface area contributed by atoms with Crippen molar-refractivity contribution in [3.63, 3.8) is 0 Å². The van der Waals surface area contributed by atoms with Crippen LogP contribution in [0.15, 0.2) is 40.9 Å². The molecule has 1 aliphatic carbocycles. The molecule has 0 saturated heterocycles. The Hall–Kier alpha value is -2.14. The van der Waals surface area contributed by atoms with Crippen molar-refractivity contribution < 1.29 is 14.4 Å². The average molecular weight is 286 g/mol. The van der Waals surface area contributed by atoms with E-state index >= 15 is 0 Å². The standard InChI is InChI=1S/C16H18N2O3/c19-14-9-5-4-8-12(14)17-16(20)15-10-13(18-21-15)11-6-2-1-3-7-11/h1-3,6-7,10,12,14,19H,4-5,8-9H2,(H,17,20)/t12-,14-/m1/s1. The van der Waals surface area contributed by atoms with E-state index in [1.165, 1.54) is 0 Å². The van der Waals surface area contributed by atoms with Crippen LogP contribution < -0.4 is 5.32 Å². The van der Waals surface area contributed by atoms with Gasteiger partial charge < -0.3 is 14.9 Å². The summed E-state index contributed by atoms with van der Waals surface area (Å²) in [5.74, 6) is -0.151. The first kappa shape index (κ1) is 13.8. The van der Waals surface area contributed by atoms with Crippen LogP contribution in [-0.4, -0.2) is 28.3 Å². The summed E-state index contributed by atoms with van der Waals surface area (Å²) >= 11 is 0. The number of aliphatic hydroxyl groups excluding tert-OH is 1. The number of nitrogens with zero attached hydrogens (tertiary/aromatic N) is 1. The van der Waals surface area contributed by atoms with Gasteiger partial charge in [-0.3, -0.25) is 4.79 Å². The van der Waals surface area contributed by atoms with Crippen molar-refractivity contribution in [2.75, 3.05) is 0 Å². The van der Waals surface area contributed by atoms with Crippen LogP contribution in [0.2, 0.25) is 0 Å². The minimum Gasteiger partial charge on any atom is -0.391 e. The summed E-state index contributed by atoms with van der Waals surface area (Å²) in [6.45, 7) is 0. The molecule has 0 spiro atoms. The smallest absolute Gasteiger partial charge is 0.290 e. The molecule has 1 heterocycles. The highest BCUT2D eigenvalue weighted by Gasteiger charge is 2.26. The first-order valence-electron chi connectivity index (χ1n) is 7.25. The summed E-state index contributed by atoms with van der Waals surface area (Å²) < 4.78 is 5.11. The molecule has 3 rings (SSSR count). The average Bonchev–Trinajstić information content (AvgIpc) is 3.00. The molecule has 2 N–H and O–H groups in total. The number of amides is 1. The van der Waals surface area contributed by atoms with E-state index in [-0.39, 0.29) is 17.7 Å². The van der Waals surface area contributed by atoms with Gasteiger partial charge >= 0.3 is 0 Å². The highest BCUT2D eigenvalue weighted by molar-refractivity contribution is 5.92. The molecule has 1 aliphatic rings. The van der Waals surface area contributed by atoms with Gasteiger partial charge in [0, 0.05) is 11.6 Å². The molecule has 0 bridgehead atoms. The van der Waals surface area contributed by atoms with Gasteiger partial charge in [-0.2, -0.15) is 0 Å². The topological polar surface area (TPSA) is 75.4 Å². The third kappa shape index (κ3) is 3.13. The number of carbonyl (C=O) groups is 1. The minimum absolute atomic E-state index is 0.173. The number of aliphatic hydroxyl groups is 1. The Bertz CT molecular complexity index is 609. The molecule has 0 aliphatic heterocycles. The Kier molecular flexibility index (Phi) is 4.01. The molecule has 1 amide bonds. The maximum atomic E-state index is 12.1. The van der Waals surface area contributed by atoms with Crippen molar-refractivity contribution in [3.05, 3.63) is 42.2 Å². The van der Waals surface area contributed by atoms with E-state index in [9.17, 15) is 9.90 Å². The molecule has 2 atom stereocenters. The molecule has 0 radical (unpaired) electrons. The Morgan fingerprint density at radius 3 is 2.76 bits per heavy atom. The van der Waals surface area contributed by atoms with Crippen LogP contribution in [0.1, 0.15) is 36.2 Å². The number of hydrogen-bond acceptors (Lipinski definition) is 4. The Morgan fingerprint density at radius 1 is 1.24 bits per heavy atom. The van der Waals surface area contributed by atoms with Crippen LogP contribution in [0.5, 0.6) is 0 Å². The van der Waals surface area contributed by atoms with E-state index < -0.39 is 6.10 Å². The van der Waals surface area contributed by atoms with Gasteiger partial charge in [-0.05, 0) is 12.8 Å². The van der Waals surface area contributed by atoms with Gasteiger partial charge in [0.1, 0.15) is 5.69 Å². The highest BCUT2D eigenvalue weighted by atomic mass is 16.5. The van der Waals surface area contributed by atoms with Crippen LogP contribution in [-0.2, 0) is 0 Å². The van der Waals surface area contributed by atoms with E-state index in [4.69, 9.17) is 4.52 Å². The summed E-state index contributed by atoms with van der Waals surface area (Å²) in [7, 11) is 0. The predicted octanol–water partition coefficient (Wildman–Crippen LogP) is 2.37. The molecular formula is C16H18N2O3. The third-order valence-corrected chi connectivity index (χ3v) is 3.85. The lowest BCUT2D eigenvalue weighted by Gasteiger charge is -2.27. The Labute approximate surface area is 123 Å². The molecule has 110 valence electrons. The lowest BCUT2D eigenvalue weighted by atomic mass is 9.92. The molecule has 1 aromatic heterocycles. The summed E-state index contributed by atoms with van der Waals surface area (Å²) in [6, 6.07) is 11.0. The number of carbonyl (C=O) groups excluding carboxylic acids is 1. The summed E-state index contributed by atoms with van der Waals surface area (Å²) in [4.78, 5) is 12.1. The number of benzene rings is 1. The number of aromatic nitrogens is 1. The van der Waals surface area contributed by atoms with Gasteiger partial charge in [0.25, 0.3) is 5.91 Å². The van der Waals surface area contributed by atoms with E-state index in [2.05, 4.69) is 10.5 Å². The van der Waals surface area contributed by atoms with E-state index in [0.29, 0.717) is 5.69 Å². The number of rotatable bonds is 3. The Balaban J connectivity index is 1.69. The van der Waals surface area contributed by atoms with Crippen molar-refractivity contribution in [1.29, 1.82) is 0 Å². The zero-order chi connectivity index (χ0) is 14.7.